The van der Waals surface area contributed by atoms with Gasteiger partial charge in [0.15, 0.2) is 5.65 Å². The van der Waals surface area contributed by atoms with E-state index in [4.69, 9.17) is 16.3 Å². The van der Waals surface area contributed by atoms with Crippen LogP contribution in [-0.2, 0) is 11.3 Å². The van der Waals surface area contributed by atoms with E-state index in [1.165, 1.54) is 33.9 Å². The fourth-order valence-corrected chi connectivity index (χ4v) is 3.52. The first kappa shape index (κ1) is 26.7. The first-order chi connectivity index (χ1) is 18.0. The lowest BCUT2D eigenvalue weighted by Gasteiger charge is -2.19. The number of carbonyl (C=O) groups is 2. The fraction of sp³-hybridized carbons (Fsp3) is 0.304. The van der Waals surface area contributed by atoms with Crippen molar-refractivity contribution in [2.45, 2.75) is 39.5 Å². The van der Waals surface area contributed by atoms with Crippen LogP contribution in [0, 0.1) is 0 Å². The zero-order chi connectivity index (χ0) is 27.4. The van der Waals surface area contributed by atoms with Crippen LogP contribution < -0.4 is 15.4 Å². The van der Waals surface area contributed by atoms with E-state index in [1.54, 1.807) is 33.0 Å². The average molecular weight is 549 g/mol. The molecule has 4 rings (SSSR count). The zero-order valence-electron chi connectivity index (χ0n) is 20.5. The Balaban J connectivity index is 1.65. The highest BCUT2D eigenvalue weighted by molar-refractivity contribution is 6.30. The number of pyridine rings is 1. The summed E-state index contributed by atoms with van der Waals surface area (Å²) in [5.74, 6) is -1.01. The Kier molecular flexibility index (Phi) is 7.71. The Morgan fingerprint density at radius 3 is 2.74 bits per heavy atom. The van der Waals surface area contributed by atoms with Crippen molar-refractivity contribution < 1.29 is 27.8 Å². The molecule has 0 aliphatic rings. The van der Waals surface area contributed by atoms with Crippen LogP contribution in [0.5, 0.6) is 5.88 Å². The fourth-order valence-electron chi connectivity index (χ4n) is 3.36. The molecule has 4 aromatic rings. The first-order valence-corrected chi connectivity index (χ1v) is 11.6. The third-order valence-corrected chi connectivity index (χ3v) is 5.02. The van der Waals surface area contributed by atoms with Crippen LogP contribution in [0.1, 0.15) is 31.1 Å². The van der Waals surface area contributed by atoms with Crippen molar-refractivity contribution in [2.24, 2.45) is 0 Å². The number of ether oxygens (including phenoxy) is 2. The number of hydrogen-bond donors (Lipinski definition) is 2. The molecule has 0 aliphatic carbocycles. The van der Waals surface area contributed by atoms with Gasteiger partial charge in [-0.25, -0.2) is 19.3 Å². The molecule has 12 nitrogen and oxygen atoms in total. The normalized spacial score (nSPS) is 11.6. The highest BCUT2D eigenvalue weighted by atomic mass is 35.5. The summed E-state index contributed by atoms with van der Waals surface area (Å²) in [5.41, 5.74) is 0.0332. The molecule has 38 heavy (non-hydrogen) atoms. The maximum absolute atomic E-state index is 13.1. The number of alkyl halides is 2. The summed E-state index contributed by atoms with van der Waals surface area (Å²) in [6.45, 7) is 2.32. The standard InChI is InChI=1S/C23H23ClF2N8O4/c1-23(2,3)38-22(36)28-6-8-33-12-16(31-19(35)15-11-30-34-7-4-5-27-18(15)34)17(32-33)14-9-13(24)10-29-20(14)37-21(25)26/h4-5,7,9-12,21H,6,8H2,1-3H3,(H,28,36)(H,31,35). The Morgan fingerprint density at radius 2 is 2.00 bits per heavy atom. The SMILES string of the molecule is CC(C)(C)OC(=O)NCCn1cc(NC(=O)c2cnn3cccnc23)c(-c2cc(Cl)cnc2OC(F)F)n1. The molecule has 0 spiro atoms. The number of amides is 2. The van der Waals surface area contributed by atoms with E-state index in [0.29, 0.717) is 5.65 Å². The highest BCUT2D eigenvalue weighted by Crippen LogP contribution is 2.35. The Morgan fingerprint density at radius 1 is 1.21 bits per heavy atom. The molecule has 2 amide bonds. The van der Waals surface area contributed by atoms with Crippen LogP contribution in [-0.4, -0.2) is 60.1 Å². The number of halogens is 3. The number of rotatable bonds is 8. The number of hydrogen-bond acceptors (Lipinski definition) is 8. The number of nitrogens with zero attached hydrogens (tertiary/aromatic N) is 6. The van der Waals surface area contributed by atoms with E-state index in [9.17, 15) is 18.4 Å². The molecule has 200 valence electrons. The second kappa shape index (κ2) is 11.0. The minimum atomic E-state index is -3.16. The van der Waals surface area contributed by atoms with Gasteiger partial charge >= 0.3 is 12.7 Å². The van der Waals surface area contributed by atoms with Gasteiger partial charge in [-0.3, -0.25) is 9.48 Å². The number of alkyl carbamates (subject to hydrolysis) is 1. The minimum Gasteiger partial charge on any atom is -0.444 e. The van der Waals surface area contributed by atoms with Gasteiger partial charge in [0.05, 0.1) is 29.0 Å². The number of carbonyl (C=O) groups excluding carboxylic acids is 2. The average Bonchev–Trinajstić information content (AvgIpc) is 3.43. The minimum absolute atomic E-state index is 0.0185. The first-order valence-electron chi connectivity index (χ1n) is 11.2. The maximum atomic E-state index is 13.1. The van der Waals surface area contributed by atoms with Crippen molar-refractivity contribution in [3.05, 3.63) is 53.7 Å². The van der Waals surface area contributed by atoms with Gasteiger partial charge < -0.3 is 20.1 Å². The van der Waals surface area contributed by atoms with Crippen LogP contribution in [0.25, 0.3) is 16.9 Å². The predicted molar refractivity (Wildman–Crippen MR) is 132 cm³/mol. The van der Waals surface area contributed by atoms with Crippen LogP contribution in [0.3, 0.4) is 0 Å². The molecule has 2 N–H and O–H groups in total. The van der Waals surface area contributed by atoms with E-state index in [2.05, 4.69) is 35.5 Å². The van der Waals surface area contributed by atoms with Crippen LogP contribution in [0.15, 0.2) is 43.1 Å². The number of anilines is 1. The van der Waals surface area contributed by atoms with E-state index in [1.807, 2.05) is 0 Å². The molecular weight excluding hydrogens is 526 g/mol. The summed E-state index contributed by atoms with van der Waals surface area (Å²) >= 11 is 6.08. The van der Waals surface area contributed by atoms with Gasteiger partial charge in [0.2, 0.25) is 5.88 Å². The lowest BCUT2D eigenvalue weighted by Crippen LogP contribution is -2.34. The van der Waals surface area contributed by atoms with Gasteiger partial charge in [0.1, 0.15) is 16.9 Å². The zero-order valence-corrected chi connectivity index (χ0v) is 21.2. The van der Waals surface area contributed by atoms with Crippen molar-refractivity contribution in [3.63, 3.8) is 0 Å². The molecule has 0 bridgehead atoms. The van der Waals surface area contributed by atoms with Gasteiger partial charge in [0, 0.05) is 31.3 Å². The van der Waals surface area contributed by atoms with Crippen LogP contribution >= 0.6 is 11.6 Å². The van der Waals surface area contributed by atoms with E-state index in [-0.39, 0.29) is 40.6 Å². The number of nitrogens with one attached hydrogen (secondary N) is 2. The van der Waals surface area contributed by atoms with Crippen molar-refractivity contribution in [1.29, 1.82) is 0 Å². The molecule has 0 aromatic carbocycles. The molecule has 0 fully saturated rings. The summed E-state index contributed by atoms with van der Waals surface area (Å²) in [4.78, 5) is 33.1. The second-order valence-electron chi connectivity index (χ2n) is 8.87. The van der Waals surface area contributed by atoms with Crippen molar-refractivity contribution in [3.8, 4) is 17.1 Å². The molecule has 0 radical (unpaired) electrons. The van der Waals surface area contributed by atoms with E-state index < -0.39 is 30.1 Å². The molecule has 15 heteroatoms. The lowest BCUT2D eigenvalue weighted by molar-refractivity contribution is -0.0524. The van der Waals surface area contributed by atoms with Gasteiger partial charge in [-0.05, 0) is 32.9 Å². The topological polar surface area (TPSA) is 138 Å². The summed E-state index contributed by atoms with van der Waals surface area (Å²) < 4.78 is 38.7. The number of fused-ring (bicyclic) bond motifs is 1. The smallest absolute Gasteiger partial charge is 0.407 e. The Bertz CT molecular complexity index is 1470. The Labute approximate surface area is 219 Å². The summed E-state index contributed by atoms with van der Waals surface area (Å²) in [6, 6.07) is 3.00. The third kappa shape index (κ3) is 6.51. The van der Waals surface area contributed by atoms with Crippen LogP contribution in [0.2, 0.25) is 5.02 Å². The molecule has 0 unspecified atom stereocenters. The van der Waals surface area contributed by atoms with Gasteiger partial charge in [-0.1, -0.05) is 11.6 Å². The molecule has 4 aromatic heterocycles. The van der Waals surface area contributed by atoms with Crippen molar-refractivity contribution in [2.75, 3.05) is 11.9 Å². The largest absolute Gasteiger partial charge is 0.444 e. The highest BCUT2D eigenvalue weighted by Gasteiger charge is 2.23. The monoisotopic (exact) mass is 548 g/mol. The molecule has 4 heterocycles. The van der Waals surface area contributed by atoms with Gasteiger partial charge in [-0.15, -0.1) is 0 Å². The molecule has 0 saturated heterocycles. The van der Waals surface area contributed by atoms with E-state index in [0.717, 1.165) is 6.20 Å². The van der Waals surface area contributed by atoms with Crippen LogP contribution in [0.4, 0.5) is 19.3 Å². The third-order valence-electron chi connectivity index (χ3n) is 4.82. The van der Waals surface area contributed by atoms with Gasteiger partial charge in [-0.2, -0.15) is 19.0 Å². The van der Waals surface area contributed by atoms with E-state index >= 15 is 0 Å². The summed E-state index contributed by atoms with van der Waals surface area (Å²) in [5, 5.41) is 13.9. The molecule has 0 atom stereocenters. The quantitative estimate of drug-likeness (QED) is 0.337. The molecule has 0 saturated carbocycles. The number of aromatic nitrogens is 6. The molecular formula is C23H23ClF2N8O4. The van der Waals surface area contributed by atoms with Crippen molar-refractivity contribution >= 4 is 34.9 Å². The Hall–Kier alpha value is -4.33. The lowest BCUT2D eigenvalue weighted by atomic mass is 10.1. The second-order valence-corrected chi connectivity index (χ2v) is 9.30. The summed E-state index contributed by atoms with van der Waals surface area (Å²) in [7, 11) is 0. The van der Waals surface area contributed by atoms with Crippen molar-refractivity contribution in [1.82, 2.24) is 34.7 Å². The predicted octanol–water partition coefficient (Wildman–Crippen LogP) is 4.02. The molecule has 0 aliphatic heterocycles. The summed E-state index contributed by atoms with van der Waals surface area (Å²) in [6.07, 6.45) is 6.49. The maximum Gasteiger partial charge on any atom is 0.407 e. The van der Waals surface area contributed by atoms with Gasteiger partial charge in [0.25, 0.3) is 5.91 Å².